The summed E-state index contributed by atoms with van der Waals surface area (Å²) < 4.78 is 39.2. The van der Waals surface area contributed by atoms with Crippen molar-refractivity contribution in [2.75, 3.05) is 18.2 Å². The van der Waals surface area contributed by atoms with Gasteiger partial charge in [0.1, 0.15) is 11.6 Å². The molecule has 0 bridgehead atoms. The van der Waals surface area contributed by atoms with E-state index in [-0.39, 0.29) is 10.2 Å². The number of rotatable bonds is 4. The predicted molar refractivity (Wildman–Crippen MR) is 126 cm³/mol. The molecule has 0 aliphatic rings. The highest BCUT2D eigenvalue weighted by Crippen LogP contribution is 2.33. The first-order valence-electron chi connectivity index (χ1n) is 9.86. The molecule has 0 aliphatic carbocycles. The SMILES string of the molecule is CN(c1cccc(-c2ccc(S(C)(=O)=O)cc2)c1)c1nc2nnc(Cl)n2c2ccc(F)cc12. The summed E-state index contributed by atoms with van der Waals surface area (Å²) in [6.07, 6.45) is 1.18. The van der Waals surface area contributed by atoms with Crippen molar-refractivity contribution in [3.8, 4) is 11.1 Å². The molecule has 7 nitrogen and oxygen atoms in total. The number of halogens is 2. The first kappa shape index (κ1) is 21.3. The number of benzene rings is 3. The molecule has 0 fully saturated rings. The third-order valence-corrected chi connectivity index (χ3v) is 6.79. The molecular weight excluding hydrogens is 465 g/mol. The fourth-order valence-electron chi connectivity index (χ4n) is 3.74. The molecule has 0 aliphatic heterocycles. The highest BCUT2D eigenvalue weighted by Gasteiger charge is 2.18. The van der Waals surface area contributed by atoms with Crippen LogP contribution in [0.5, 0.6) is 0 Å². The molecule has 0 spiro atoms. The Kier molecular flexibility index (Phi) is 5.02. The Labute approximate surface area is 194 Å². The Morgan fingerprint density at radius 3 is 2.45 bits per heavy atom. The van der Waals surface area contributed by atoms with Gasteiger partial charge >= 0.3 is 0 Å². The Hall–Kier alpha value is -3.56. The summed E-state index contributed by atoms with van der Waals surface area (Å²) in [7, 11) is -1.44. The van der Waals surface area contributed by atoms with Crippen LogP contribution in [0.25, 0.3) is 27.8 Å². The number of fused-ring (bicyclic) bond motifs is 3. The van der Waals surface area contributed by atoms with Gasteiger partial charge in [-0.1, -0.05) is 24.3 Å². The first-order valence-corrected chi connectivity index (χ1v) is 12.1. The molecule has 33 heavy (non-hydrogen) atoms. The van der Waals surface area contributed by atoms with Gasteiger partial charge in [0.2, 0.25) is 5.28 Å². The van der Waals surface area contributed by atoms with Gasteiger partial charge in [-0.3, -0.25) is 0 Å². The van der Waals surface area contributed by atoms with Crippen LogP contribution in [0.3, 0.4) is 0 Å². The number of sulfone groups is 1. The smallest absolute Gasteiger partial charge is 0.258 e. The molecule has 10 heteroatoms. The van der Waals surface area contributed by atoms with E-state index in [1.54, 1.807) is 34.7 Å². The van der Waals surface area contributed by atoms with E-state index in [0.717, 1.165) is 16.8 Å². The van der Waals surface area contributed by atoms with E-state index >= 15 is 0 Å². The van der Waals surface area contributed by atoms with Crippen molar-refractivity contribution < 1.29 is 12.8 Å². The topological polar surface area (TPSA) is 80.5 Å². The highest BCUT2D eigenvalue weighted by atomic mass is 35.5. The summed E-state index contributed by atoms with van der Waals surface area (Å²) >= 11 is 6.17. The third-order valence-electron chi connectivity index (χ3n) is 5.42. The van der Waals surface area contributed by atoms with Crippen molar-refractivity contribution in [3.05, 3.63) is 77.8 Å². The maximum absolute atomic E-state index is 14.1. The van der Waals surface area contributed by atoms with E-state index in [4.69, 9.17) is 11.6 Å². The van der Waals surface area contributed by atoms with E-state index in [9.17, 15) is 12.8 Å². The molecule has 5 rings (SSSR count). The number of hydrogen-bond acceptors (Lipinski definition) is 6. The highest BCUT2D eigenvalue weighted by molar-refractivity contribution is 7.90. The summed E-state index contributed by atoms with van der Waals surface area (Å²) in [5.41, 5.74) is 3.18. The largest absolute Gasteiger partial charge is 0.329 e. The van der Waals surface area contributed by atoms with E-state index in [2.05, 4.69) is 15.2 Å². The van der Waals surface area contributed by atoms with Gasteiger partial charge in [-0.15, -0.1) is 10.2 Å². The minimum absolute atomic E-state index is 0.142. The second-order valence-electron chi connectivity index (χ2n) is 7.61. The lowest BCUT2D eigenvalue weighted by Gasteiger charge is -2.21. The molecular formula is C23H17ClFN5O2S. The van der Waals surface area contributed by atoms with Gasteiger partial charge in [0.05, 0.1) is 10.4 Å². The molecule has 0 saturated heterocycles. The van der Waals surface area contributed by atoms with Crippen LogP contribution in [0, 0.1) is 5.82 Å². The van der Waals surface area contributed by atoms with Crippen molar-refractivity contribution in [1.29, 1.82) is 0 Å². The number of hydrogen-bond donors (Lipinski definition) is 0. The van der Waals surface area contributed by atoms with Crippen molar-refractivity contribution in [2.24, 2.45) is 0 Å². The quantitative estimate of drug-likeness (QED) is 0.363. The molecule has 3 aromatic carbocycles. The van der Waals surface area contributed by atoms with Crippen LogP contribution in [0.1, 0.15) is 0 Å². The van der Waals surface area contributed by atoms with Gasteiger partial charge in [0.25, 0.3) is 5.78 Å². The van der Waals surface area contributed by atoms with Crippen LogP contribution >= 0.6 is 11.6 Å². The van der Waals surface area contributed by atoms with Gasteiger partial charge < -0.3 is 4.90 Å². The van der Waals surface area contributed by atoms with Crippen LogP contribution in [0.2, 0.25) is 5.28 Å². The van der Waals surface area contributed by atoms with Gasteiger partial charge in [0, 0.05) is 24.4 Å². The zero-order chi connectivity index (χ0) is 23.3. The molecule has 0 atom stereocenters. The molecule has 0 unspecified atom stereocenters. The minimum atomic E-state index is -3.27. The maximum Gasteiger partial charge on any atom is 0.258 e. The van der Waals surface area contributed by atoms with Gasteiger partial charge in [-0.05, 0) is 65.2 Å². The summed E-state index contributed by atoms with van der Waals surface area (Å²) in [6.45, 7) is 0. The molecule has 2 heterocycles. The molecule has 0 radical (unpaired) electrons. The lowest BCUT2D eigenvalue weighted by Crippen LogP contribution is -2.13. The maximum atomic E-state index is 14.1. The average molecular weight is 482 g/mol. The molecule has 5 aromatic rings. The molecule has 0 N–H and O–H groups in total. The van der Waals surface area contributed by atoms with Gasteiger partial charge in [-0.2, -0.15) is 4.98 Å². The van der Waals surface area contributed by atoms with Crippen LogP contribution in [0.15, 0.2) is 71.6 Å². The molecule has 0 amide bonds. The van der Waals surface area contributed by atoms with Crippen molar-refractivity contribution >= 4 is 49.6 Å². The number of nitrogens with zero attached hydrogens (tertiary/aromatic N) is 5. The first-order chi connectivity index (χ1) is 15.7. The monoisotopic (exact) mass is 481 g/mol. The molecule has 0 saturated carbocycles. The van der Waals surface area contributed by atoms with Crippen molar-refractivity contribution in [2.45, 2.75) is 4.90 Å². The Morgan fingerprint density at radius 2 is 1.73 bits per heavy atom. The molecule has 166 valence electrons. The average Bonchev–Trinajstić information content (AvgIpc) is 3.18. The lowest BCUT2D eigenvalue weighted by molar-refractivity contribution is 0.602. The van der Waals surface area contributed by atoms with E-state index in [1.807, 2.05) is 36.2 Å². The van der Waals surface area contributed by atoms with Crippen molar-refractivity contribution in [1.82, 2.24) is 19.6 Å². The zero-order valence-corrected chi connectivity index (χ0v) is 19.1. The van der Waals surface area contributed by atoms with Gasteiger partial charge in [0.15, 0.2) is 9.84 Å². The fourth-order valence-corrected chi connectivity index (χ4v) is 4.58. The summed E-state index contributed by atoms with van der Waals surface area (Å²) in [6, 6.07) is 18.7. The standard InChI is InChI=1S/C23H17ClFN5O2S/c1-29(17-5-3-4-15(12-17)14-6-9-18(10-7-14)33(2,31)32)21-19-13-16(25)8-11-20(19)30-22(24)27-28-23(30)26-21/h3-13H,1-2H3. The second-order valence-corrected chi connectivity index (χ2v) is 9.96. The molecule has 2 aromatic heterocycles. The zero-order valence-electron chi connectivity index (χ0n) is 17.6. The minimum Gasteiger partial charge on any atom is -0.329 e. The summed E-state index contributed by atoms with van der Waals surface area (Å²) in [5, 5.41) is 8.59. The summed E-state index contributed by atoms with van der Waals surface area (Å²) in [4.78, 5) is 6.67. The second kappa shape index (κ2) is 7.79. The normalized spacial score (nSPS) is 11.9. The Morgan fingerprint density at radius 1 is 0.970 bits per heavy atom. The lowest BCUT2D eigenvalue weighted by atomic mass is 10.0. The van der Waals surface area contributed by atoms with Crippen molar-refractivity contribution in [3.63, 3.8) is 0 Å². The predicted octanol–water partition coefficient (Wildman–Crippen LogP) is 4.91. The van der Waals surface area contributed by atoms with Crippen LogP contribution in [0.4, 0.5) is 15.9 Å². The van der Waals surface area contributed by atoms with Crippen LogP contribution in [-0.2, 0) is 9.84 Å². The number of aromatic nitrogens is 4. The van der Waals surface area contributed by atoms with E-state index < -0.39 is 15.7 Å². The van der Waals surface area contributed by atoms with Crippen LogP contribution in [-0.4, -0.2) is 41.3 Å². The van der Waals surface area contributed by atoms with E-state index in [1.165, 1.54) is 18.4 Å². The summed E-state index contributed by atoms with van der Waals surface area (Å²) in [5.74, 6) is 0.390. The third kappa shape index (κ3) is 3.79. The Bertz CT molecular complexity index is 1630. The van der Waals surface area contributed by atoms with E-state index in [0.29, 0.717) is 22.5 Å². The Balaban J connectivity index is 1.62. The number of anilines is 2. The van der Waals surface area contributed by atoms with Crippen LogP contribution < -0.4 is 4.90 Å². The van der Waals surface area contributed by atoms with Gasteiger partial charge in [-0.25, -0.2) is 17.2 Å². The fraction of sp³-hybridized carbons (Fsp3) is 0.0870.